The van der Waals surface area contributed by atoms with Gasteiger partial charge in [0.15, 0.2) is 0 Å². The lowest BCUT2D eigenvalue weighted by Crippen LogP contribution is -2.02. The number of ether oxygens (including phenoxy) is 1. The fraction of sp³-hybridized carbons (Fsp3) is 0.571. The third kappa shape index (κ3) is 4.65. The molecular weight excluding hydrogens is 214 g/mol. The van der Waals surface area contributed by atoms with Crippen LogP contribution in [0.2, 0.25) is 0 Å². The number of rotatable bonds is 5. The highest BCUT2D eigenvalue weighted by Gasteiger charge is 2.11. The molecule has 3 nitrogen and oxygen atoms in total. The maximum Gasteiger partial charge on any atom is 0.119 e. The van der Waals surface area contributed by atoms with Crippen molar-refractivity contribution in [2.24, 2.45) is 0 Å². The van der Waals surface area contributed by atoms with Crippen LogP contribution in [0.25, 0.3) is 0 Å². The summed E-state index contributed by atoms with van der Waals surface area (Å²) in [7, 11) is 3.48. The minimum Gasteiger partial charge on any atom is -0.497 e. The number of hydrogen-bond donors (Lipinski definition) is 2. The number of aliphatic hydroxyl groups excluding tert-OH is 1. The lowest BCUT2D eigenvalue weighted by molar-refractivity contribution is 0.167. The molecule has 0 amide bonds. The number of nitrogens with one attached hydrogen (secondary N) is 1. The summed E-state index contributed by atoms with van der Waals surface area (Å²) in [5, 5.41) is 13.0. The zero-order valence-electron chi connectivity index (χ0n) is 11.6. The van der Waals surface area contributed by atoms with Crippen molar-refractivity contribution >= 4 is 5.69 Å². The van der Waals surface area contributed by atoms with Crippen LogP contribution in [0.4, 0.5) is 5.69 Å². The highest BCUT2D eigenvalue weighted by molar-refractivity contribution is 5.54. The van der Waals surface area contributed by atoms with Gasteiger partial charge in [0.25, 0.3) is 0 Å². The Labute approximate surface area is 105 Å². The van der Waals surface area contributed by atoms with Gasteiger partial charge in [-0.1, -0.05) is 27.2 Å². The van der Waals surface area contributed by atoms with E-state index in [0.717, 1.165) is 29.8 Å². The second-order valence-electron chi connectivity index (χ2n) is 3.51. The van der Waals surface area contributed by atoms with Crippen LogP contribution in [0, 0.1) is 0 Å². The van der Waals surface area contributed by atoms with Gasteiger partial charge < -0.3 is 15.2 Å². The number of aliphatic hydroxyl groups is 1. The standard InChI is InChI=1S/C12H19NO2.C2H6/c1-4-5-12(14)10-8-9(15-3)6-7-11(10)13-2;1-2/h6-8,12-14H,4-5H2,1-3H3;1-2H3. The minimum atomic E-state index is -0.424. The third-order valence-corrected chi connectivity index (χ3v) is 2.45. The Kier molecular flexibility index (Phi) is 8.24. The van der Waals surface area contributed by atoms with Crippen molar-refractivity contribution in [3.05, 3.63) is 23.8 Å². The summed E-state index contributed by atoms with van der Waals surface area (Å²) in [5.74, 6) is 0.777. The monoisotopic (exact) mass is 239 g/mol. The number of hydrogen-bond acceptors (Lipinski definition) is 3. The largest absolute Gasteiger partial charge is 0.497 e. The van der Waals surface area contributed by atoms with E-state index in [1.165, 1.54) is 0 Å². The van der Waals surface area contributed by atoms with Crippen LogP contribution in [-0.4, -0.2) is 19.3 Å². The Balaban J connectivity index is 0.00000121. The van der Waals surface area contributed by atoms with E-state index in [-0.39, 0.29) is 0 Å². The van der Waals surface area contributed by atoms with Crippen molar-refractivity contribution in [3.8, 4) is 5.75 Å². The maximum atomic E-state index is 9.96. The number of methoxy groups -OCH3 is 1. The summed E-state index contributed by atoms with van der Waals surface area (Å²) in [6.45, 7) is 6.06. The molecule has 0 aliphatic heterocycles. The van der Waals surface area contributed by atoms with Crippen molar-refractivity contribution in [3.63, 3.8) is 0 Å². The van der Waals surface area contributed by atoms with Gasteiger partial charge in [0, 0.05) is 18.3 Å². The molecule has 0 saturated heterocycles. The molecule has 0 heterocycles. The molecule has 0 aliphatic carbocycles. The summed E-state index contributed by atoms with van der Waals surface area (Å²) in [5.41, 5.74) is 1.86. The molecule has 0 saturated carbocycles. The first kappa shape index (κ1) is 15.8. The summed E-state index contributed by atoms with van der Waals surface area (Å²) >= 11 is 0. The number of benzene rings is 1. The van der Waals surface area contributed by atoms with Crippen LogP contribution in [0.3, 0.4) is 0 Å². The Bertz CT molecular complexity index is 313. The Morgan fingerprint density at radius 3 is 2.47 bits per heavy atom. The first-order valence-electron chi connectivity index (χ1n) is 6.26. The molecule has 0 radical (unpaired) electrons. The van der Waals surface area contributed by atoms with E-state index in [1.54, 1.807) is 7.11 Å². The van der Waals surface area contributed by atoms with Crippen molar-refractivity contribution in [2.75, 3.05) is 19.5 Å². The molecule has 1 aromatic carbocycles. The van der Waals surface area contributed by atoms with Gasteiger partial charge in [-0.2, -0.15) is 0 Å². The van der Waals surface area contributed by atoms with E-state index in [0.29, 0.717) is 0 Å². The van der Waals surface area contributed by atoms with Crippen molar-refractivity contribution in [2.45, 2.75) is 39.7 Å². The average Bonchev–Trinajstić information content (AvgIpc) is 2.40. The average molecular weight is 239 g/mol. The van der Waals surface area contributed by atoms with Crippen LogP contribution in [0.15, 0.2) is 18.2 Å². The van der Waals surface area contributed by atoms with Gasteiger partial charge in [-0.05, 0) is 24.6 Å². The molecule has 3 heteroatoms. The van der Waals surface area contributed by atoms with Gasteiger partial charge in [-0.15, -0.1) is 0 Å². The molecule has 0 aliphatic rings. The van der Waals surface area contributed by atoms with Gasteiger partial charge >= 0.3 is 0 Å². The van der Waals surface area contributed by atoms with Crippen LogP contribution in [0.1, 0.15) is 45.3 Å². The van der Waals surface area contributed by atoms with Gasteiger partial charge in [0.1, 0.15) is 5.75 Å². The summed E-state index contributed by atoms with van der Waals surface area (Å²) in [4.78, 5) is 0. The molecule has 17 heavy (non-hydrogen) atoms. The SMILES string of the molecule is CC.CCCC(O)c1cc(OC)ccc1NC. The van der Waals surface area contributed by atoms with E-state index in [1.807, 2.05) is 39.1 Å². The van der Waals surface area contributed by atoms with E-state index in [2.05, 4.69) is 12.2 Å². The molecule has 0 bridgehead atoms. The highest BCUT2D eigenvalue weighted by Crippen LogP contribution is 2.29. The van der Waals surface area contributed by atoms with Crippen LogP contribution >= 0.6 is 0 Å². The lowest BCUT2D eigenvalue weighted by Gasteiger charge is -2.15. The molecule has 1 rings (SSSR count). The van der Waals surface area contributed by atoms with Crippen LogP contribution in [-0.2, 0) is 0 Å². The molecule has 0 spiro atoms. The highest BCUT2D eigenvalue weighted by atomic mass is 16.5. The molecule has 1 atom stereocenters. The summed E-state index contributed by atoms with van der Waals surface area (Å²) < 4.78 is 5.14. The summed E-state index contributed by atoms with van der Waals surface area (Å²) in [6, 6.07) is 5.69. The quantitative estimate of drug-likeness (QED) is 0.825. The predicted octanol–water partition coefficient (Wildman–Crippen LogP) is 3.60. The normalized spacial score (nSPS) is 11.2. The Hall–Kier alpha value is -1.22. The second-order valence-corrected chi connectivity index (χ2v) is 3.51. The maximum absolute atomic E-state index is 9.96. The first-order chi connectivity index (χ1) is 8.22. The number of anilines is 1. The van der Waals surface area contributed by atoms with E-state index < -0.39 is 6.10 Å². The van der Waals surface area contributed by atoms with Gasteiger partial charge in [0.05, 0.1) is 13.2 Å². The van der Waals surface area contributed by atoms with E-state index >= 15 is 0 Å². The Morgan fingerprint density at radius 2 is 2.00 bits per heavy atom. The topological polar surface area (TPSA) is 41.5 Å². The second kappa shape index (κ2) is 8.88. The van der Waals surface area contributed by atoms with E-state index in [4.69, 9.17) is 4.74 Å². The third-order valence-electron chi connectivity index (χ3n) is 2.45. The molecule has 2 N–H and O–H groups in total. The fourth-order valence-electron chi connectivity index (χ4n) is 1.60. The molecular formula is C14H25NO2. The van der Waals surface area contributed by atoms with Crippen LogP contribution in [0.5, 0.6) is 5.75 Å². The molecule has 98 valence electrons. The van der Waals surface area contributed by atoms with E-state index in [9.17, 15) is 5.11 Å². The fourth-order valence-corrected chi connectivity index (χ4v) is 1.60. The zero-order valence-corrected chi connectivity index (χ0v) is 11.6. The zero-order chi connectivity index (χ0) is 13.3. The Morgan fingerprint density at radius 1 is 1.35 bits per heavy atom. The molecule has 1 unspecified atom stereocenters. The smallest absolute Gasteiger partial charge is 0.119 e. The van der Waals surface area contributed by atoms with Crippen molar-refractivity contribution < 1.29 is 9.84 Å². The predicted molar refractivity (Wildman–Crippen MR) is 73.8 cm³/mol. The minimum absolute atomic E-state index is 0.424. The van der Waals surface area contributed by atoms with Crippen molar-refractivity contribution in [1.82, 2.24) is 0 Å². The lowest BCUT2D eigenvalue weighted by atomic mass is 10.0. The first-order valence-corrected chi connectivity index (χ1v) is 6.26. The van der Waals surface area contributed by atoms with Gasteiger partial charge in [-0.25, -0.2) is 0 Å². The molecule has 0 fully saturated rings. The van der Waals surface area contributed by atoms with Gasteiger partial charge in [0.2, 0.25) is 0 Å². The molecule has 0 aromatic heterocycles. The van der Waals surface area contributed by atoms with Crippen LogP contribution < -0.4 is 10.1 Å². The van der Waals surface area contributed by atoms with Crippen molar-refractivity contribution in [1.29, 1.82) is 0 Å². The molecule has 1 aromatic rings. The summed E-state index contributed by atoms with van der Waals surface area (Å²) in [6.07, 6.45) is 1.30. The van der Waals surface area contributed by atoms with Gasteiger partial charge in [-0.3, -0.25) is 0 Å².